The summed E-state index contributed by atoms with van der Waals surface area (Å²) in [5.41, 5.74) is 2.06. The number of rotatable bonds is 4. The van der Waals surface area contributed by atoms with Crippen molar-refractivity contribution in [1.29, 1.82) is 0 Å². The quantitative estimate of drug-likeness (QED) is 0.529. The summed E-state index contributed by atoms with van der Waals surface area (Å²) in [5, 5.41) is 16.8. The molecule has 2 amide bonds. The molecule has 2 aromatic carbocycles. The lowest BCUT2D eigenvalue weighted by molar-refractivity contribution is -0.121. The number of hydrogen-bond donors (Lipinski definition) is 2. The van der Waals surface area contributed by atoms with Crippen molar-refractivity contribution in [3.63, 3.8) is 0 Å². The van der Waals surface area contributed by atoms with Crippen LogP contribution in [0.15, 0.2) is 51.4 Å². The number of H-pyrrole nitrogens is 1. The van der Waals surface area contributed by atoms with Crippen molar-refractivity contribution < 1.29 is 9.59 Å². The Morgan fingerprint density at radius 1 is 1.10 bits per heavy atom. The zero-order chi connectivity index (χ0) is 21.1. The van der Waals surface area contributed by atoms with Gasteiger partial charge in [0, 0.05) is 39.2 Å². The number of carbonyl (C=O) groups excluding carboxylic acids is 2. The second-order valence-corrected chi connectivity index (χ2v) is 8.62. The van der Waals surface area contributed by atoms with E-state index in [2.05, 4.69) is 57.8 Å². The first kappa shape index (κ1) is 20.7. The van der Waals surface area contributed by atoms with Crippen LogP contribution in [0.1, 0.15) is 23.2 Å². The maximum absolute atomic E-state index is 12.8. The third-order valence-electron chi connectivity index (χ3n) is 5.07. The van der Waals surface area contributed by atoms with E-state index in [1.807, 2.05) is 36.4 Å². The Balaban J connectivity index is 1.36. The van der Waals surface area contributed by atoms with Crippen LogP contribution in [0.5, 0.6) is 0 Å². The molecular formula is C20H18Br2N6O2. The summed E-state index contributed by atoms with van der Waals surface area (Å²) in [7, 11) is 0. The Kier molecular flexibility index (Phi) is 6.24. The van der Waals surface area contributed by atoms with Crippen molar-refractivity contribution in [2.24, 2.45) is 5.92 Å². The summed E-state index contributed by atoms with van der Waals surface area (Å²) in [6.45, 7) is 1.08. The summed E-state index contributed by atoms with van der Waals surface area (Å²) < 4.78 is 1.59. The normalized spacial score (nSPS) is 14.5. The molecule has 1 saturated heterocycles. The molecule has 0 atom stereocenters. The van der Waals surface area contributed by atoms with Crippen molar-refractivity contribution in [2.45, 2.75) is 12.8 Å². The van der Waals surface area contributed by atoms with Crippen LogP contribution in [-0.2, 0) is 4.79 Å². The molecule has 0 bridgehead atoms. The van der Waals surface area contributed by atoms with E-state index in [1.165, 1.54) is 0 Å². The lowest BCUT2D eigenvalue weighted by atomic mass is 9.95. The van der Waals surface area contributed by atoms with E-state index in [-0.39, 0.29) is 17.7 Å². The van der Waals surface area contributed by atoms with Crippen molar-refractivity contribution in [3.8, 4) is 11.4 Å². The van der Waals surface area contributed by atoms with Gasteiger partial charge in [0.15, 0.2) is 0 Å². The molecule has 1 fully saturated rings. The molecule has 8 nitrogen and oxygen atoms in total. The molecule has 0 spiro atoms. The van der Waals surface area contributed by atoms with Gasteiger partial charge in [-0.2, -0.15) is 5.21 Å². The van der Waals surface area contributed by atoms with Crippen LogP contribution in [0.4, 0.5) is 5.69 Å². The Morgan fingerprint density at radius 2 is 1.87 bits per heavy atom. The predicted molar refractivity (Wildman–Crippen MR) is 119 cm³/mol. The Morgan fingerprint density at radius 3 is 2.60 bits per heavy atom. The van der Waals surface area contributed by atoms with Gasteiger partial charge in [-0.25, -0.2) is 0 Å². The number of likely N-dealkylation sites (tertiary alicyclic amines) is 1. The van der Waals surface area contributed by atoms with Crippen LogP contribution in [-0.4, -0.2) is 50.4 Å². The highest BCUT2D eigenvalue weighted by Gasteiger charge is 2.29. The number of benzene rings is 2. The zero-order valence-electron chi connectivity index (χ0n) is 15.8. The van der Waals surface area contributed by atoms with Gasteiger partial charge >= 0.3 is 0 Å². The van der Waals surface area contributed by atoms with Crippen LogP contribution in [0.2, 0.25) is 0 Å². The molecule has 0 unspecified atom stereocenters. The molecule has 1 aromatic heterocycles. The Labute approximate surface area is 189 Å². The van der Waals surface area contributed by atoms with E-state index >= 15 is 0 Å². The predicted octanol–water partition coefficient (Wildman–Crippen LogP) is 3.88. The molecule has 2 N–H and O–H groups in total. The highest BCUT2D eigenvalue weighted by atomic mass is 79.9. The number of tetrazole rings is 1. The number of aromatic amines is 1. The third-order valence-corrected chi connectivity index (χ3v) is 7.12. The van der Waals surface area contributed by atoms with Gasteiger partial charge < -0.3 is 10.2 Å². The minimum atomic E-state index is -0.145. The van der Waals surface area contributed by atoms with Crippen molar-refractivity contribution >= 4 is 49.4 Å². The molecule has 2 heterocycles. The van der Waals surface area contributed by atoms with E-state index in [0.29, 0.717) is 43.0 Å². The van der Waals surface area contributed by atoms with Crippen LogP contribution in [0.25, 0.3) is 11.4 Å². The van der Waals surface area contributed by atoms with Gasteiger partial charge in [-0.1, -0.05) is 18.2 Å². The van der Waals surface area contributed by atoms with Crippen molar-refractivity contribution in [2.75, 3.05) is 18.4 Å². The molecule has 4 rings (SSSR count). The van der Waals surface area contributed by atoms with Gasteiger partial charge in [-0.3, -0.25) is 9.59 Å². The van der Waals surface area contributed by atoms with Crippen LogP contribution in [0, 0.1) is 5.92 Å². The first-order chi connectivity index (χ1) is 14.5. The number of piperidine rings is 1. The fourth-order valence-electron chi connectivity index (χ4n) is 3.45. The molecular weight excluding hydrogens is 516 g/mol. The van der Waals surface area contributed by atoms with Gasteiger partial charge in [0.1, 0.15) is 0 Å². The topological polar surface area (TPSA) is 104 Å². The number of halogens is 2. The molecule has 3 aromatic rings. The zero-order valence-corrected chi connectivity index (χ0v) is 19.0. The summed E-state index contributed by atoms with van der Waals surface area (Å²) >= 11 is 6.90. The molecule has 1 aliphatic heterocycles. The summed E-state index contributed by atoms with van der Waals surface area (Å²) in [6.07, 6.45) is 1.24. The molecule has 1 aliphatic rings. The van der Waals surface area contributed by atoms with E-state index < -0.39 is 0 Å². The Bertz CT molecular complexity index is 1060. The summed E-state index contributed by atoms with van der Waals surface area (Å²) in [4.78, 5) is 27.4. The average molecular weight is 534 g/mol. The van der Waals surface area contributed by atoms with E-state index in [4.69, 9.17) is 0 Å². The second kappa shape index (κ2) is 9.05. The van der Waals surface area contributed by atoms with E-state index in [1.54, 1.807) is 11.0 Å². The standard InChI is InChI=1S/C20H18Br2N6O2/c21-16-6-2-5-15(17(16)22)20(30)28-9-7-12(8-10-28)19(29)23-14-4-1-3-13(11-14)18-24-26-27-25-18/h1-6,11-12H,7-10H2,(H,23,29)(H,24,25,26,27). The average Bonchev–Trinajstić information content (AvgIpc) is 3.30. The largest absolute Gasteiger partial charge is 0.339 e. The number of carbonyl (C=O) groups is 2. The number of hydrogen-bond acceptors (Lipinski definition) is 5. The fourth-order valence-corrected chi connectivity index (χ4v) is 4.25. The van der Waals surface area contributed by atoms with Crippen molar-refractivity contribution in [1.82, 2.24) is 25.5 Å². The van der Waals surface area contributed by atoms with E-state index in [9.17, 15) is 9.59 Å². The van der Waals surface area contributed by atoms with E-state index in [0.717, 1.165) is 14.5 Å². The number of amides is 2. The lowest BCUT2D eigenvalue weighted by Crippen LogP contribution is -2.41. The van der Waals surface area contributed by atoms with Crippen LogP contribution >= 0.6 is 31.9 Å². The lowest BCUT2D eigenvalue weighted by Gasteiger charge is -2.31. The molecule has 0 radical (unpaired) electrons. The molecule has 154 valence electrons. The number of nitrogens with zero attached hydrogens (tertiary/aromatic N) is 4. The minimum Gasteiger partial charge on any atom is -0.339 e. The first-order valence-corrected chi connectivity index (χ1v) is 11.0. The fraction of sp³-hybridized carbons (Fsp3) is 0.250. The second-order valence-electron chi connectivity index (χ2n) is 6.97. The minimum absolute atomic E-state index is 0.0325. The smallest absolute Gasteiger partial charge is 0.255 e. The highest BCUT2D eigenvalue weighted by molar-refractivity contribution is 9.13. The summed E-state index contributed by atoms with van der Waals surface area (Å²) in [5.74, 6) is 0.247. The van der Waals surface area contributed by atoms with Gasteiger partial charge in [-0.05, 0) is 74.2 Å². The molecule has 0 saturated carbocycles. The summed E-state index contributed by atoms with van der Waals surface area (Å²) in [6, 6.07) is 12.8. The molecule has 10 heteroatoms. The number of aromatic nitrogens is 4. The molecule has 30 heavy (non-hydrogen) atoms. The van der Waals surface area contributed by atoms with Gasteiger partial charge in [-0.15, -0.1) is 10.2 Å². The van der Waals surface area contributed by atoms with Gasteiger partial charge in [0.2, 0.25) is 11.7 Å². The van der Waals surface area contributed by atoms with Gasteiger partial charge in [0.25, 0.3) is 5.91 Å². The number of anilines is 1. The Hall–Kier alpha value is -2.59. The maximum atomic E-state index is 12.8. The van der Waals surface area contributed by atoms with Crippen LogP contribution < -0.4 is 5.32 Å². The SMILES string of the molecule is O=C(Nc1cccc(-c2nn[nH]n2)c1)C1CCN(C(=O)c2cccc(Br)c2Br)CC1. The number of nitrogens with one attached hydrogen (secondary N) is 2. The van der Waals surface area contributed by atoms with Crippen LogP contribution in [0.3, 0.4) is 0 Å². The molecule has 0 aliphatic carbocycles. The monoisotopic (exact) mass is 532 g/mol. The third kappa shape index (κ3) is 4.44. The first-order valence-electron chi connectivity index (χ1n) is 9.41. The maximum Gasteiger partial charge on any atom is 0.255 e. The van der Waals surface area contributed by atoms with Gasteiger partial charge in [0.05, 0.1) is 5.56 Å². The highest BCUT2D eigenvalue weighted by Crippen LogP contribution is 2.29. The van der Waals surface area contributed by atoms with Crippen molar-refractivity contribution in [3.05, 3.63) is 57.0 Å².